The number of ether oxygens (including phenoxy) is 2. The Bertz CT molecular complexity index is 737. The Kier molecular flexibility index (Phi) is 8.09. The summed E-state index contributed by atoms with van der Waals surface area (Å²) in [5.41, 5.74) is 1.77. The van der Waals surface area contributed by atoms with Crippen LogP contribution in [0.3, 0.4) is 0 Å². The van der Waals surface area contributed by atoms with Crippen LogP contribution in [0, 0.1) is 0 Å². The van der Waals surface area contributed by atoms with Gasteiger partial charge < -0.3 is 19.7 Å². The molecular formula is C20H25N3O4. The predicted octanol–water partition coefficient (Wildman–Crippen LogP) is 2.41. The molecule has 0 spiro atoms. The molecular weight excluding hydrogens is 346 g/mol. The number of rotatable bonds is 9. The molecule has 2 aromatic rings. The number of methoxy groups -OCH3 is 1. The minimum absolute atomic E-state index is 0.168. The average Bonchev–Trinajstić information content (AvgIpc) is 2.70. The van der Waals surface area contributed by atoms with Gasteiger partial charge in [0.25, 0.3) is 0 Å². The number of carbonyl (C=O) groups excluding carboxylic acids is 2. The van der Waals surface area contributed by atoms with Gasteiger partial charge in [0.05, 0.1) is 20.3 Å². The normalized spacial score (nSPS) is 10.1. The van der Waals surface area contributed by atoms with Crippen molar-refractivity contribution in [2.75, 3.05) is 26.8 Å². The van der Waals surface area contributed by atoms with Gasteiger partial charge in [0.15, 0.2) is 0 Å². The van der Waals surface area contributed by atoms with E-state index in [1.165, 1.54) is 0 Å². The standard InChI is InChI=1S/C20H25N3O4/c1-3-27-19(24)14-22-20(25)23(13-11-17-9-6-7-12-21-17)15-16-8-4-5-10-18(16)26-2/h4-10,12H,3,11,13-15H2,1-2H3,(H,22,25). The van der Waals surface area contributed by atoms with Crippen molar-refractivity contribution >= 4 is 12.0 Å². The molecule has 27 heavy (non-hydrogen) atoms. The first-order chi connectivity index (χ1) is 13.1. The largest absolute Gasteiger partial charge is 0.496 e. The van der Waals surface area contributed by atoms with E-state index in [1.807, 2.05) is 42.5 Å². The zero-order valence-corrected chi connectivity index (χ0v) is 15.7. The van der Waals surface area contributed by atoms with E-state index in [9.17, 15) is 9.59 Å². The topological polar surface area (TPSA) is 80.8 Å². The number of nitrogens with zero attached hydrogens (tertiary/aromatic N) is 2. The van der Waals surface area contributed by atoms with Crippen LogP contribution >= 0.6 is 0 Å². The van der Waals surface area contributed by atoms with Crippen LogP contribution in [-0.2, 0) is 22.5 Å². The molecule has 144 valence electrons. The van der Waals surface area contributed by atoms with Gasteiger partial charge in [-0.25, -0.2) is 4.79 Å². The molecule has 1 aromatic heterocycles. The molecule has 1 heterocycles. The Labute approximate surface area is 159 Å². The Morgan fingerprint density at radius 2 is 1.93 bits per heavy atom. The lowest BCUT2D eigenvalue weighted by Gasteiger charge is -2.24. The fourth-order valence-corrected chi connectivity index (χ4v) is 2.56. The molecule has 0 radical (unpaired) electrons. The van der Waals surface area contributed by atoms with Crippen LogP contribution in [0.4, 0.5) is 4.79 Å². The molecule has 7 heteroatoms. The smallest absolute Gasteiger partial charge is 0.325 e. The van der Waals surface area contributed by atoms with Crippen molar-refractivity contribution in [2.24, 2.45) is 0 Å². The lowest BCUT2D eigenvalue weighted by Crippen LogP contribution is -2.43. The molecule has 0 aliphatic carbocycles. The number of amides is 2. The number of aromatic nitrogens is 1. The molecule has 0 aliphatic rings. The third-order valence-electron chi connectivity index (χ3n) is 3.89. The number of hydrogen-bond acceptors (Lipinski definition) is 5. The minimum Gasteiger partial charge on any atom is -0.496 e. The van der Waals surface area contributed by atoms with Gasteiger partial charge in [-0.2, -0.15) is 0 Å². The van der Waals surface area contributed by atoms with Crippen molar-refractivity contribution in [1.82, 2.24) is 15.2 Å². The van der Waals surface area contributed by atoms with Gasteiger partial charge in [0.1, 0.15) is 12.3 Å². The van der Waals surface area contributed by atoms with Crippen LogP contribution in [0.1, 0.15) is 18.2 Å². The minimum atomic E-state index is -0.465. The molecule has 2 amide bonds. The number of para-hydroxylation sites is 1. The highest BCUT2D eigenvalue weighted by atomic mass is 16.5. The van der Waals surface area contributed by atoms with E-state index < -0.39 is 5.97 Å². The first-order valence-corrected chi connectivity index (χ1v) is 8.84. The second-order valence-corrected chi connectivity index (χ2v) is 5.77. The monoisotopic (exact) mass is 371 g/mol. The fraction of sp³-hybridized carbons (Fsp3) is 0.350. The molecule has 0 unspecified atom stereocenters. The number of benzene rings is 1. The molecule has 1 N–H and O–H groups in total. The van der Waals surface area contributed by atoms with Gasteiger partial charge in [-0.1, -0.05) is 24.3 Å². The van der Waals surface area contributed by atoms with Gasteiger partial charge in [-0.3, -0.25) is 9.78 Å². The summed E-state index contributed by atoms with van der Waals surface area (Å²) in [4.78, 5) is 30.1. The van der Waals surface area contributed by atoms with Crippen molar-refractivity contribution in [2.45, 2.75) is 19.9 Å². The SMILES string of the molecule is CCOC(=O)CNC(=O)N(CCc1ccccn1)Cc1ccccc1OC. The van der Waals surface area contributed by atoms with E-state index >= 15 is 0 Å². The highest BCUT2D eigenvalue weighted by molar-refractivity contribution is 5.80. The van der Waals surface area contributed by atoms with Crippen molar-refractivity contribution in [3.8, 4) is 5.75 Å². The lowest BCUT2D eigenvalue weighted by molar-refractivity contribution is -0.141. The second-order valence-electron chi connectivity index (χ2n) is 5.77. The van der Waals surface area contributed by atoms with E-state index in [-0.39, 0.29) is 19.2 Å². The number of pyridine rings is 1. The molecule has 0 bridgehead atoms. The number of carbonyl (C=O) groups is 2. The summed E-state index contributed by atoms with van der Waals surface area (Å²) in [6.45, 7) is 2.63. The third-order valence-corrected chi connectivity index (χ3v) is 3.89. The van der Waals surface area contributed by atoms with Gasteiger partial charge in [-0.15, -0.1) is 0 Å². The van der Waals surface area contributed by atoms with Gasteiger partial charge in [-0.05, 0) is 25.1 Å². The van der Waals surface area contributed by atoms with E-state index in [0.29, 0.717) is 25.3 Å². The highest BCUT2D eigenvalue weighted by Gasteiger charge is 2.17. The highest BCUT2D eigenvalue weighted by Crippen LogP contribution is 2.19. The van der Waals surface area contributed by atoms with Crippen LogP contribution in [0.2, 0.25) is 0 Å². The molecule has 0 saturated heterocycles. The summed E-state index contributed by atoms with van der Waals surface area (Å²) >= 11 is 0. The van der Waals surface area contributed by atoms with Crippen LogP contribution in [0.15, 0.2) is 48.7 Å². The summed E-state index contributed by atoms with van der Waals surface area (Å²) in [6.07, 6.45) is 2.32. The molecule has 2 rings (SSSR count). The Morgan fingerprint density at radius 1 is 1.15 bits per heavy atom. The first-order valence-electron chi connectivity index (χ1n) is 8.84. The fourth-order valence-electron chi connectivity index (χ4n) is 2.56. The van der Waals surface area contributed by atoms with Crippen LogP contribution in [-0.4, -0.2) is 48.7 Å². The Balaban J connectivity index is 2.07. The van der Waals surface area contributed by atoms with Crippen molar-refractivity contribution in [1.29, 1.82) is 0 Å². The number of nitrogens with one attached hydrogen (secondary N) is 1. The first kappa shape index (κ1) is 20.2. The van der Waals surface area contributed by atoms with Crippen LogP contribution in [0.25, 0.3) is 0 Å². The summed E-state index contributed by atoms with van der Waals surface area (Å²) < 4.78 is 10.2. The lowest BCUT2D eigenvalue weighted by atomic mass is 10.1. The summed E-state index contributed by atoms with van der Waals surface area (Å²) in [5.74, 6) is 0.242. The van der Waals surface area contributed by atoms with E-state index in [2.05, 4.69) is 10.3 Å². The predicted molar refractivity (Wildman–Crippen MR) is 101 cm³/mol. The summed E-state index contributed by atoms with van der Waals surface area (Å²) in [5, 5.41) is 2.61. The Morgan fingerprint density at radius 3 is 2.63 bits per heavy atom. The zero-order valence-electron chi connectivity index (χ0n) is 15.7. The van der Waals surface area contributed by atoms with Gasteiger partial charge >= 0.3 is 12.0 Å². The molecule has 7 nitrogen and oxygen atoms in total. The summed E-state index contributed by atoms with van der Waals surface area (Å²) in [7, 11) is 1.60. The number of urea groups is 1. The Hall–Kier alpha value is -3.09. The average molecular weight is 371 g/mol. The van der Waals surface area contributed by atoms with E-state index in [4.69, 9.17) is 9.47 Å². The second kappa shape index (κ2) is 10.8. The molecule has 1 aromatic carbocycles. The number of esters is 1. The third kappa shape index (κ3) is 6.62. The maximum absolute atomic E-state index is 12.6. The zero-order chi connectivity index (χ0) is 19.5. The van der Waals surface area contributed by atoms with Gasteiger partial charge in [0.2, 0.25) is 0 Å². The van der Waals surface area contributed by atoms with Crippen molar-refractivity contribution in [3.05, 3.63) is 59.9 Å². The van der Waals surface area contributed by atoms with E-state index in [0.717, 1.165) is 11.3 Å². The van der Waals surface area contributed by atoms with Crippen molar-refractivity contribution in [3.63, 3.8) is 0 Å². The van der Waals surface area contributed by atoms with Crippen LogP contribution < -0.4 is 10.1 Å². The number of hydrogen-bond donors (Lipinski definition) is 1. The molecule has 0 fully saturated rings. The van der Waals surface area contributed by atoms with Crippen molar-refractivity contribution < 1.29 is 19.1 Å². The maximum Gasteiger partial charge on any atom is 0.325 e. The maximum atomic E-state index is 12.6. The summed E-state index contributed by atoms with van der Waals surface area (Å²) in [6, 6.07) is 12.9. The quantitative estimate of drug-likeness (QED) is 0.685. The molecule has 0 atom stereocenters. The van der Waals surface area contributed by atoms with Crippen LogP contribution in [0.5, 0.6) is 5.75 Å². The molecule has 0 aliphatic heterocycles. The van der Waals surface area contributed by atoms with Gasteiger partial charge in [0, 0.05) is 30.4 Å². The van der Waals surface area contributed by atoms with E-state index in [1.54, 1.807) is 25.1 Å². The molecule has 0 saturated carbocycles.